The number of rotatable bonds is 5. The second kappa shape index (κ2) is 7.07. The highest BCUT2D eigenvalue weighted by molar-refractivity contribution is 5.15. The number of hydrogen-bond acceptors (Lipinski definition) is 1. The molecule has 102 valence electrons. The van der Waals surface area contributed by atoms with Crippen molar-refractivity contribution in [1.82, 2.24) is 0 Å². The Hall–Kier alpha value is -1.64. The van der Waals surface area contributed by atoms with Crippen LogP contribution < -0.4 is 0 Å². The Balaban J connectivity index is 0.00000180. The molecule has 0 aliphatic heterocycles. The molecular weight excluding hydrogens is 234 g/mol. The predicted octanol–water partition coefficient (Wildman–Crippen LogP) is 3.33. The van der Waals surface area contributed by atoms with E-state index in [1.54, 1.807) is 0 Å². The number of likely N-dealkylation sites (N-methyl/N-ethyl adjacent to an activating group) is 1. The molecule has 2 aromatic carbocycles. The number of nitrogens with zero attached hydrogens (tertiary/aromatic N) is 1. The average molecular weight is 257 g/mol. The molecule has 2 nitrogen and oxygen atoms in total. The summed E-state index contributed by atoms with van der Waals surface area (Å²) in [6, 6.07) is 21.5. The lowest BCUT2D eigenvalue weighted by atomic mass is 10.1. The van der Waals surface area contributed by atoms with E-state index in [1.165, 1.54) is 17.7 Å². The largest absolute Gasteiger partial charge is 0.870 e. The van der Waals surface area contributed by atoms with Crippen molar-refractivity contribution in [2.24, 2.45) is 0 Å². The summed E-state index contributed by atoms with van der Waals surface area (Å²) in [5, 5.41) is 0. The zero-order chi connectivity index (χ0) is 12.8. The van der Waals surface area contributed by atoms with E-state index in [-0.39, 0.29) is 5.48 Å². The molecule has 0 fully saturated rings. The maximum absolute atomic E-state index is 2.30. The van der Waals surface area contributed by atoms with Crippen LogP contribution in [-0.4, -0.2) is 30.6 Å². The van der Waals surface area contributed by atoms with Crippen molar-refractivity contribution in [3.8, 4) is 0 Å². The molecule has 0 heterocycles. The normalized spacial score (nSPS) is 10.8. The summed E-state index contributed by atoms with van der Waals surface area (Å²) in [5.74, 6) is 0. The third-order valence-corrected chi connectivity index (χ3v) is 3.30. The average Bonchev–Trinajstić information content (AvgIpc) is 2.38. The van der Waals surface area contributed by atoms with Gasteiger partial charge >= 0.3 is 0 Å². The van der Waals surface area contributed by atoms with Crippen LogP contribution in [0.25, 0.3) is 0 Å². The van der Waals surface area contributed by atoms with Gasteiger partial charge in [0, 0.05) is 12.0 Å². The number of quaternary nitrogens is 1. The summed E-state index contributed by atoms with van der Waals surface area (Å²) in [5.41, 5.74) is 2.84. The maximum Gasteiger partial charge on any atom is 0.104 e. The summed E-state index contributed by atoms with van der Waals surface area (Å²) in [6.07, 6.45) is 1.14. The van der Waals surface area contributed by atoms with Crippen LogP contribution in [0.15, 0.2) is 60.7 Å². The molecule has 0 radical (unpaired) electrons. The van der Waals surface area contributed by atoms with Crippen molar-refractivity contribution in [2.45, 2.75) is 13.0 Å². The fourth-order valence-electron chi connectivity index (χ4n) is 2.23. The molecule has 0 atom stereocenters. The third kappa shape index (κ3) is 5.25. The van der Waals surface area contributed by atoms with Crippen LogP contribution in [0.1, 0.15) is 11.1 Å². The van der Waals surface area contributed by atoms with E-state index >= 15 is 0 Å². The van der Waals surface area contributed by atoms with Crippen molar-refractivity contribution >= 4 is 0 Å². The fourth-order valence-corrected chi connectivity index (χ4v) is 2.23. The molecule has 0 aromatic heterocycles. The van der Waals surface area contributed by atoms with Gasteiger partial charge in [0.05, 0.1) is 20.6 Å². The second-order valence-electron chi connectivity index (χ2n) is 5.54. The first kappa shape index (κ1) is 15.4. The minimum absolute atomic E-state index is 0. The quantitative estimate of drug-likeness (QED) is 0.756. The summed E-state index contributed by atoms with van der Waals surface area (Å²) >= 11 is 0. The van der Waals surface area contributed by atoms with Crippen molar-refractivity contribution in [1.29, 1.82) is 0 Å². The highest BCUT2D eigenvalue weighted by atomic mass is 16.0. The first-order chi connectivity index (χ1) is 8.66. The minimum atomic E-state index is 0. The molecular formula is C17H23NO. The minimum Gasteiger partial charge on any atom is -0.870 e. The van der Waals surface area contributed by atoms with E-state index in [4.69, 9.17) is 0 Å². The summed E-state index contributed by atoms with van der Waals surface area (Å²) < 4.78 is 1.03. The molecule has 2 heteroatoms. The van der Waals surface area contributed by atoms with Gasteiger partial charge < -0.3 is 9.96 Å². The molecule has 0 spiro atoms. The van der Waals surface area contributed by atoms with Crippen LogP contribution in [0.4, 0.5) is 0 Å². The molecule has 0 saturated heterocycles. The van der Waals surface area contributed by atoms with E-state index in [0.29, 0.717) is 0 Å². The van der Waals surface area contributed by atoms with E-state index < -0.39 is 0 Å². The lowest BCUT2D eigenvalue weighted by molar-refractivity contribution is -0.903. The van der Waals surface area contributed by atoms with Gasteiger partial charge in [-0.25, -0.2) is 0 Å². The van der Waals surface area contributed by atoms with Crippen LogP contribution in [0.2, 0.25) is 0 Å². The van der Waals surface area contributed by atoms with Crippen LogP contribution in [-0.2, 0) is 13.0 Å². The predicted molar refractivity (Wildman–Crippen MR) is 79.2 cm³/mol. The van der Waals surface area contributed by atoms with E-state index in [9.17, 15) is 0 Å². The van der Waals surface area contributed by atoms with Crippen molar-refractivity contribution in [2.75, 3.05) is 20.6 Å². The summed E-state index contributed by atoms with van der Waals surface area (Å²) in [6.45, 7) is 2.26. The standard InChI is InChI=1S/C17H22N.H2O/c1-18(2,15-17-11-7-4-8-12-17)14-13-16-9-5-3-6-10-16;/h3-12H,13-15H2,1-2H3;1H2/q+1;/p-1. The Labute approximate surface area is 116 Å². The van der Waals surface area contributed by atoms with E-state index in [2.05, 4.69) is 74.8 Å². The Morgan fingerprint density at radius 2 is 1.21 bits per heavy atom. The zero-order valence-electron chi connectivity index (χ0n) is 11.8. The van der Waals surface area contributed by atoms with Gasteiger partial charge in [0.2, 0.25) is 0 Å². The number of hydrogen-bond donors (Lipinski definition) is 0. The van der Waals surface area contributed by atoms with E-state index in [0.717, 1.165) is 17.4 Å². The third-order valence-electron chi connectivity index (χ3n) is 3.30. The molecule has 0 bridgehead atoms. The van der Waals surface area contributed by atoms with Gasteiger partial charge in [-0.2, -0.15) is 0 Å². The van der Waals surface area contributed by atoms with Gasteiger partial charge in [-0.05, 0) is 5.56 Å². The molecule has 1 N–H and O–H groups in total. The first-order valence-electron chi connectivity index (χ1n) is 6.56. The molecule has 2 aromatic rings. The molecule has 0 amide bonds. The topological polar surface area (TPSA) is 30.0 Å². The monoisotopic (exact) mass is 257 g/mol. The molecule has 0 unspecified atom stereocenters. The van der Waals surface area contributed by atoms with Gasteiger partial charge in [0.25, 0.3) is 0 Å². The smallest absolute Gasteiger partial charge is 0.104 e. The van der Waals surface area contributed by atoms with Crippen LogP contribution >= 0.6 is 0 Å². The Kier molecular flexibility index (Phi) is 5.74. The van der Waals surface area contributed by atoms with Crippen molar-refractivity contribution in [3.63, 3.8) is 0 Å². The first-order valence-corrected chi connectivity index (χ1v) is 6.56. The fraction of sp³-hybridized carbons (Fsp3) is 0.294. The summed E-state index contributed by atoms with van der Waals surface area (Å²) in [7, 11) is 4.60. The molecule has 0 aliphatic carbocycles. The van der Waals surface area contributed by atoms with Crippen molar-refractivity contribution in [3.05, 3.63) is 71.8 Å². The van der Waals surface area contributed by atoms with E-state index in [1.807, 2.05) is 0 Å². The van der Waals surface area contributed by atoms with Crippen LogP contribution in [0, 0.1) is 0 Å². The summed E-state index contributed by atoms with van der Waals surface area (Å²) in [4.78, 5) is 0. The zero-order valence-corrected chi connectivity index (χ0v) is 11.8. The van der Waals surface area contributed by atoms with Gasteiger partial charge in [-0.15, -0.1) is 0 Å². The lowest BCUT2D eigenvalue weighted by Gasteiger charge is -2.30. The SMILES string of the molecule is C[N+](C)(CCc1ccccc1)Cc1ccccc1.[OH-]. The van der Waals surface area contributed by atoms with Crippen molar-refractivity contribution < 1.29 is 9.96 Å². The lowest BCUT2D eigenvalue weighted by Crippen LogP contribution is -2.40. The highest BCUT2D eigenvalue weighted by Crippen LogP contribution is 2.11. The van der Waals surface area contributed by atoms with Gasteiger partial charge in [0.15, 0.2) is 0 Å². The van der Waals surface area contributed by atoms with Gasteiger partial charge in [0.1, 0.15) is 6.54 Å². The molecule has 0 saturated carbocycles. The van der Waals surface area contributed by atoms with Crippen LogP contribution in [0.3, 0.4) is 0 Å². The second-order valence-corrected chi connectivity index (χ2v) is 5.54. The Morgan fingerprint density at radius 1 is 0.737 bits per heavy atom. The van der Waals surface area contributed by atoms with Crippen LogP contribution in [0.5, 0.6) is 0 Å². The van der Waals surface area contributed by atoms with Gasteiger partial charge in [-0.3, -0.25) is 0 Å². The molecule has 19 heavy (non-hydrogen) atoms. The molecule has 2 rings (SSSR count). The molecule has 0 aliphatic rings. The maximum atomic E-state index is 2.30. The van der Waals surface area contributed by atoms with Gasteiger partial charge in [-0.1, -0.05) is 60.7 Å². The Morgan fingerprint density at radius 3 is 1.74 bits per heavy atom. The highest BCUT2D eigenvalue weighted by Gasteiger charge is 2.15. The number of benzene rings is 2. The Bertz CT molecular complexity index is 465.